The van der Waals surface area contributed by atoms with Crippen molar-refractivity contribution in [3.05, 3.63) is 0 Å². The Bertz CT molecular complexity index is 58.0. The molecule has 0 heterocycles. The number of carbonyl (C=O) groups excluding carboxylic acids is 1. The molecule has 0 spiro atoms. The summed E-state index contributed by atoms with van der Waals surface area (Å²) in [6, 6.07) is 0. The van der Waals surface area contributed by atoms with Crippen molar-refractivity contribution >= 4 is 30.7 Å². The van der Waals surface area contributed by atoms with Crippen LogP contribution in [-0.4, -0.2) is 5.91 Å². The molecule has 0 unspecified atom stereocenters. The summed E-state index contributed by atoms with van der Waals surface area (Å²) in [5.41, 5.74) is 4.76. The first-order chi connectivity index (χ1) is 2.77. The van der Waals surface area contributed by atoms with Gasteiger partial charge >= 0.3 is 0 Å². The number of carbonyl (C=O) groups is 1. The first kappa shape index (κ1) is 15.7. The number of hydrogen-bond donors (Lipinski definition) is 1. The van der Waals surface area contributed by atoms with Crippen molar-refractivity contribution in [2.24, 2.45) is 5.73 Å². The van der Waals surface area contributed by atoms with Gasteiger partial charge in [-0.15, -0.1) is 24.8 Å². The molecule has 0 aliphatic heterocycles. The summed E-state index contributed by atoms with van der Waals surface area (Å²) in [5.74, 6) is -0.211. The minimum Gasteiger partial charge on any atom is -0.370 e. The summed E-state index contributed by atoms with van der Waals surface area (Å²) in [7, 11) is 0. The zero-order valence-electron chi connectivity index (χ0n) is 4.72. The van der Waals surface area contributed by atoms with Crippen LogP contribution >= 0.6 is 24.8 Å². The fourth-order valence-electron chi connectivity index (χ4n) is 0.246. The van der Waals surface area contributed by atoms with Crippen LogP contribution in [0.2, 0.25) is 0 Å². The van der Waals surface area contributed by atoms with Gasteiger partial charge in [-0.05, 0) is 6.42 Å². The van der Waals surface area contributed by atoms with Gasteiger partial charge in [0.2, 0.25) is 5.91 Å². The van der Waals surface area contributed by atoms with Crippen LogP contribution in [0, 0.1) is 0 Å². The van der Waals surface area contributed by atoms with Crippen molar-refractivity contribution in [1.82, 2.24) is 0 Å². The molecule has 1 amide bonds. The van der Waals surface area contributed by atoms with Crippen molar-refractivity contribution in [2.45, 2.75) is 19.8 Å². The second kappa shape index (κ2) is 10.1. The summed E-state index contributed by atoms with van der Waals surface area (Å²) < 4.78 is 0. The maximum absolute atomic E-state index is 9.82. The molecule has 0 aromatic carbocycles. The van der Waals surface area contributed by atoms with Crippen molar-refractivity contribution in [3.63, 3.8) is 0 Å². The van der Waals surface area contributed by atoms with E-state index in [0.717, 1.165) is 6.42 Å². The molecule has 0 aromatic heterocycles. The van der Waals surface area contributed by atoms with E-state index in [1.54, 1.807) is 0 Å². The lowest BCUT2D eigenvalue weighted by Gasteiger charge is -1.81. The Morgan fingerprint density at radius 2 is 1.88 bits per heavy atom. The highest BCUT2D eigenvalue weighted by molar-refractivity contribution is 5.85. The van der Waals surface area contributed by atoms with E-state index in [4.69, 9.17) is 5.73 Å². The smallest absolute Gasteiger partial charge is 0.217 e. The highest BCUT2D eigenvalue weighted by atomic mass is 35.5. The number of rotatable bonds is 2. The maximum atomic E-state index is 9.82. The molecule has 2 N–H and O–H groups in total. The van der Waals surface area contributed by atoms with E-state index in [2.05, 4.69) is 0 Å². The Morgan fingerprint density at radius 1 is 1.50 bits per heavy atom. The van der Waals surface area contributed by atoms with E-state index >= 15 is 0 Å². The molecule has 52 valence electrons. The summed E-state index contributed by atoms with van der Waals surface area (Å²) in [6.45, 7) is 1.92. The molecule has 0 atom stereocenters. The fraction of sp³-hybridized carbons (Fsp3) is 0.750. The summed E-state index contributed by atoms with van der Waals surface area (Å²) in [4.78, 5) is 9.82. The van der Waals surface area contributed by atoms with Crippen LogP contribution in [-0.2, 0) is 4.79 Å². The van der Waals surface area contributed by atoms with Crippen molar-refractivity contribution in [2.75, 3.05) is 0 Å². The summed E-state index contributed by atoms with van der Waals surface area (Å²) in [5, 5.41) is 0. The monoisotopic (exact) mass is 159 g/mol. The van der Waals surface area contributed by atoms with E-state index in [-0.39, 0.29) is 30.7 Å². The Hall–Kier alpha value is 0.0500. The normalized spacial score (nSPS) is 6.12. The molecule has 0 aliphatic carbocycles. The molecule has 0 radical (unpaired) electrons. The molecule has 0 rings (SSSR count). The molecular formula is C4H11Cl2NO. The van der Waals surface area contributed by atoms with E-state index in [0.29, 0.717) is 6.42 Å². The number of nitrogens with two attached hydrogens (primary N) is 1. The largest absolute Gasteiger partial charge is 0.370 e. The van der Waals surface area contributed by atoms with Gasteiger partial charge in [-0.2, -0.15) is 0 Å². The second-order valence-corrected chi connectivity index (χ2v) is 1.22. The van der Waals surface area contributed by atoms with Gasteiger partial charge in [0, 0.05) is 6.42 Å². The van der Waals surface area contributed by atoms with Gasteiger partial charge in [0.15, 0.2) is 0 Å². The Labute approximate surface area is 61.6 Å². The van der Waals surface area contributed by atoms with Crippen LogP contribution in [0.4, 0.5) is 0 Å². The van der Waals surface area contributed by atoms with Gasteiger partial charge in [0.1, 0.15) is 0 Å². The first-order valence-electron chi connectivity index (χ1n) is 2.05. The Kier molecular flexibility index (Phi) is 19.8. The van der Waals surface area contributed by atoms with Crippen molar-refractivity contribution in [3.8, 4) is 0 Å². The lowest BCUT2D eigenvalue weighted by atomic mass is 10.3. The SMILES string of the molecule is CCCC(N)=O.Cl.Cl. The third-order valence-corrected chi connectivity index (χ3v) is 0.496. The minimum atomic E-state index is -0.211. The van der Waals surface area contributed by atoms with Crippen molar-refractivity contribution in [1.29, 1.82) is 0 Å². The summed E-state index contributed by atoms with van der Waals surface area (Å²) >= 11 is 0. The van der Waals surface area contributed by atoms with Crippen LogP contribution in [0.15, 0.2) is 0 Å². The highest BCUT2D eigenvalue weighted by Crippen LogP contribution is 1.79. The standard InChI is InChI=1S/C4H9NO.2ClH/c1-2-3-4(5)6;;/h2-3H2,1H3,(H2,5,6);2*1H. The molecule has 2 nitrogen and oxygen atoms in total. The van der Waals surface area contributed by atoms with E-state index in [1.165, 1.54) is 0 Å². The third kappa shape index (κ3) is 16.6. The van der Waals surface area contributed by atoms with Crippen LogP contribution in [0.1, 0.15) is 19.8 Å². The lowest BCUT2D eigenvalue weighted by molar-refractivity contribution is -0.118. The number of hydrogen-bond acceptors (Lipinski definition) is 1. The van der Waals surface area contributed by atoms with Crippen LogP contribution in [0.3, 0.4) is 0 Å². The minimum absolute atomic E-state index is 0. The molecule has 0 aromatic rings. The van der Waals surface area contributed by atoms with Gasteiger partial charge in [-0.1, -0.05) is 6.92 Å². The zero-order valence-corrected chi connectivity index (χ0v) is 6.35. The summed E-state index contributed by atoms with van der Waals surface area (Å²) in [6.07, 6.45) is 1.37. The molecule has 0 aliphatic rings. The van der Waals surface area contributed by atoms with E-state index in [9.17, 15) is 4.79 Å². The first-order valence-corrected chi connectivity index (χ1v) is 2.05. The maximum Gasteiger partial charge on any atom is 0.217 e. The van der Waals surface area contributed by atoms with E-state index < -0.39 is 0 Å². The quantitative estimate of drug-likeness (QED) is 0.646. The van der Waals surface area contributed by atoms with Gasteiger partial charge in [0.25, 0.3) is 0 Å². The highest BCUT2D eigenvalue weighted by Gasteiger charge is 1.84. The average Bonchev–Trinajstić information content (AvgIpc) is 1.35. The molecule has 0 saturated carbocycles. The molecule has 0 bridgehead atoms. The predicted molar refractivity (Wildman–Crippen MR) is 38.6 cm³/mol. The fourth-order valence-corrected chi connectivity index (χ4v) is 0.246. The van der Waals surface area contributed by atoms with E-state index in [1.807, 2.05) is 6.92 Å². The van der Waals surface area contributed by atoms with Crippen LogP contribution in [0.5, 0.6) is 0 Å². The second-order valence-electron chi connectivity index (χ2n) is 1.22. The average molecular weight is 160 g/mol. The third-order valence-electron chi connectivity index (χ3n) is 0.496. The Morgan fingerprint density at radius 3 is 1.88 bits per heavy atom. The number of primary amides is 1. The predicted octanol–water partition coefficient (Wildman–Crippen LogP) is 1.12. The van der Waals surface area contributed by atoms with Crippen molar-refractivity contribution < 1.29 is 4.79 Å². The zero-order chi connectivity index (χ0) is 4.99. The van der Waals surface area contributed by atoms with Crippen LogP contribution in [0.25, 0.3) is 0 Å². The lowest BCUT2D eigenvalue weighted by Crippen LogP contribution is -2.08. The molecule has 0 saturated heterocycles. The number of halogens is 2. The molecule has 8 heavy (non-hydrogen) atoms. The Balaban J connectivity index is -0.000000125. The van der Waals surface area contributed by atoms with Crippen LogP contribution < -0.4 is 5.73 Å². The van der Waals surface area contributed by atoms with Gasteiger partial charge < -0.3 is 5.73 Å². The topological polar surface area (TPSA) is 43.1 Å². The number of amides is 1. The molecular weight excluding hydrogens is 149 g/mol. The molecule has 4 heteroatoms. The molecule has 0 fully saturated rings. The van der Waals surface area contributed by atoms with Gasteiger partial charge in [-0.3, -0.25) is 4.79 Å². The van der Waals surface area contributed by atoms with Gasteiger partial charge in [-0.25, -0.2) is 0 Å². The van der Waals surface area contributed by atoms with Gasteiger partial charge in [0.05, 0.1) is 0 Å².